The van der Waals surface area contributed by atoms with E-state index < -0.39 is 5.97 Å². The van der Waals surface area contributed by atoms with Crippen LogP contribution in [0.15, 0.2) is 60.0 Å². The van der Waals surface area contributed by atoms with Gasteiger partial charge in [0.2, 0.25) is 0 Å². The third kappa shape index (κ3) is 2.91. The minimum absolute atomic E-state index is 0.0657. The molecule has 1 atom stereocenters. The van der Waals surface area contributed by atoms with Crippen molar-refractivity contribution in [1.29, 1.82) is 0 Å². The Balaban J connectivity index is 1.69. The van der Waals surface area contributed by atoms with Gasteiger partial charge in [0, 0.05) is 11.5 Å². The van der Waals surface area contributed by atoms with Crippen molar-refractivity contribution >= 4 is 28.2 Å². The van der Waals surface area contributed by atoms with Crippen LogP contribution in [-0.2, 0) is 6.42 Å². The van der Waals surface area contributed by atoms with Gasteiger partial charge in [-0.15, -0.1) is 11.3 Å². The van der Waals surface area contributed by atoms with Crippen molar-refractivity contribution in [2.75, 3.05) is 5.32 Å². The van der Waals surface area contributed by atoms with E-state index in [1.807, 2.05) is 23.6 Å². The molecule has 4 nitrogen and oxygen atoms in total. The lowest BCUT2D eigenvalue weighted by Crippen LogP contribution is -2.14. The molecule has 0 saturated heterocycles. The van der Waals surface area contributed by atoms with Crippen molar-refractivity contribution in [3.05, 3.63) is 87.8 Å². The highest BCUT2D eigenvalue weighted by molar-refractivity contribution is 7.15. The number of aromatic carboxylic acids is 1. The van der Waals surface area contributed by atoms with Crippen LogP contribution in [0.2, 0.25) is 0 Å². The summed E-state index contributed by atoms with van der Waals surface area (Å²) < 4.78 is 0. The maximum absolute atomic E-state index is 12.4. The first-order valence-electron chi connectivity index (χ1n) is 8.44. The van der Waals surface area contributed by atoms with Gasteiger partial charge < -0.3 is 10.4 Å². The summed E-state index contributed by atoms with van der Waals surface area (Å²) >= 11 is 1.28. The number of carboxylic acid groups (broad SMARTS) is 1. The minimum Gasteiger partial charge on any atom is -0.478 e. The molecule has 4 rings (SSSR count). The molecule has 2 aromatic carbocycles. The lowest BCUT2D eigenvalue weighted by molar-refractivity contribution is 0.0697. The summed E-state index contributed by atoms with van der Waals surface area (Å²) in [5.74, 6) is -1.24. The van der Waals surface area contributed by atoms with Gasteiger partial charge in [-0.2, -0.15) is 0 Å². The average molecular weight is 363 g/mol. The van der Waals surface area contributed by atoms with Gasteiger partial charge in [0.15, 0.2) is 0 Å². The van der Waals surface area contributed by atoms with E-state index >= 15 is 0 Å². The second-order valence-electron chi connectivity index (χ2n) is 6.31. The van der Waals surface area contributed by atoms with E-state index in [0.29, 0.717) is 10.6 Å². The molecule has 1 aliphatic carbocycles. The number of hydrogen-bond donors (Lipinski definition) is 2. The van der Waals surface area contributed by atoms with Crippen molar-refractivity contribution < 1.29 is 14.7 Å². The highest BCUT2D eigenvalue weighted by Gasteiger charge is 2.30. The maximum Gasteiger partial charge on any atom is 0.339 e. The first kappa shape index (κ1) is 16.5. The van der Waals surface area contributed by atoms with Crippen LogP contribution in [0.25, 0.3) is 0 Å². The Bertz CT molecular complexity index is 978. The molecule has 3 aromatic rings. The zero-order chi connectivity index (χ0) is 18.1. The second kappa shape index (κ2) is 6.77. The molecule has 5 heteroatoms. The molecule has 0 spiro atoms. The van der Waals surface area contributed by atoms with E-state index in [1.165, 1.54) is 22.5 Å². The quantitative estimate of drug-likeness (QED) is 0.701. The Morgan fingerprint density at radius 3 is 2.50 bits per heavy atom. The lowest BCUT2D eigenvalue weighted by atomic mass is 9.92. The Kier molecular flexibility index (Phi) is 4.31. The van der Waals surface area contributed by atoms with Crippen molar-refractivity contribution in [1.82, 2.24) is 0 Å². The van der Waals surface area contributed by atoms with Gasteiger partial charge >= 0.3 is 5.97 Å². The zero-order valence-electron chi connectivity index (χ0n) is 13.9. The first-order valence-corrected chi connectivity index (χ1v) is 9.32. The summed E-state index contributed by atoms with van der Waals surface area (Å²) in [6.07, 6.45) is 1.84. The van der Waals surface area contributed by atoms with E-state index in [-0.39, 0.29) is 17.4 Å². The molecule has 1 aliphatic rings. The number of carbonyl (C=O) groups is 2. The van der Waals surface area contributed by atoms with Gasteiger partial charge in [0.1, 0.15) is 5.00 Å². The lowest BCUT2D eigenvalue weighted by Gasteiger charge is -2.12. The van der Waals surface area contributed by atoms with Crippen LogP contribution < -0.4 is 5.32 Å². The van der Waals surface area contributed by atoms with Crippen LogP contribution in [0.4, 0.5) is 5.00 Å². The van der Waals surface area contributed by atoms with E-state index in [4.69, 9.17) is 0 Å². The number of anilines is 1. The topological polar surface area (TPSA) is 66.4 Å². The third-order valence-corrected chi connectivity index (χ3v) is 5.72. The van der Waals surface area contributed by atoms with Gasteiger partial charge in [0.05, 0.1) is 5.56 Å². The molecule has 1 heterocycles. The second-order valence-corrected chi connectivity index (χ2v) is 7.19. The van der Waals surface area contributed by atoms with Crippen molar-refractivity contribution in [3.63, 3.8) is 0 Å². The first-order chi connectivity index (χ1) is 12.6. The number of fused-ring (bicyclic) bond motifs is 1. The highest BCUT2D eigenvalue weighted by Crippen LogP contribution is 2.43. The molecule has 1 unspecified atom stereocenters. The summed E-state index contributed by atoms with van der Waals surface area (Å²) in [5, 5.41) is 14.8. The predicted molar refractivity (Wildman–Crippen MR) is 102 cm³/mol. The van der Waals surface area contributed by atoms with Crippen LogP contribution in [-0.4, -0.2) is 17.0 Å². The van der Waals surface area contributed by atoms with E-state index in [2.05, 4.69) is 17.4 Å². The van der Waals surface area contributed by atoms with Crippen LogP contribution in [0.3, 0.4) is 0 Å². The average Bonchev–Trinajstić information content (AvgIpc) is 3.26. The van der Waals surface area contributed by atoms with E-state index in [1.54, 1.807) is 24.3 Å². The smallest absolute Gasteiger partial charge is 0.339 e. The van der Waals surface area contributed by atoms with Crippen LogP contribution >= 0.6 is 11.3 Å². The molecular formula is C21H17NO3S. The number of nitrogens with one attached hydrogen (secondary N) is 1. The van der Waals surface area contributed by atoms with Crippen LogP contribution in [0.5, 0.6) is 0 Å². The number of amides is 1. The molecule has 0 saturated carbocycles. The largest absolute Gasteiger partial charge is 0.478 e. The van der Waals surface area contributed by atoms with Gasteiger partial charge in [-0.3, -0.25) is 4.79 Å². The number of thiophene rings is 1. The number of benzene rings is 2. The molecule has 0 aliphatic heterocycles. The number of carboxylic acids is 1. The Hall–Kier alpha value is -2.92. The number of hydrogen-bond acceptors (Lipinski definition) is 3. The maximum atomic E-state index is 12.4. The van der Waals surface area contributed by atoms with Crippen molar-refractivity contribution in [3.8, 4) is 0 Å². The van der Waals surface area contributed by atoms with Crippen molar-refractivity contribution in [2.45, 2.75) is 18.8 Å². The van der Waals surface area contributed by atoms with Gasteiger partial charge in [0.25, 0.3) is 5.91 Å². The monoisotopic (exact) mass is 363 g/mol. The third-order valence-electron chi connectivity index (χ3n) is 4.80. The van der Waals surface area contributed by atoms with E-state index in [9.17, 15) is 14.7 Å². The van der Waals surface area contributed by atoms with Crippen LogP contribution in [0, 0.1) is 0 Å². The molecule has 0 bridgehead atoms. The molecule has 130 valence electrons. The molecule has 26 heavy (non-hydrogen) atoms. The van der Waals surface area contributed by atoms with Crippen molar-refractivity contribution in [2.24, 2.45) is 0 Å². The van der Waals surface area contributed by atoms with Gasteiger partial charge in [-0.1, -0.05) is 42.5 Å². The fourth-order valence-corrected chi connectivity index (χ4v) is 4.59. The zero-order valence-corrected chi connectivity index (χ0v) is 14.8. The summed E-state index contributed by atoms with van der Waals surface area (Å²) in [6, 6.07) is 17.0. The number of rotatable bonds is 4. The summed E-state index contributed by atoms with van der Waals surface area (Å²) in [6.45, 7) is 0. The Morgan fingerprint density at radius 2 is 1.73 bits per heavy atom. The summed E-state index contributed by atoms with van der Waals surface area (Å²) in [4.78, 5) is 24.4. The Labute approximate surface area is 155 Å². The van der Waals surface area contributed by atoms with Gasteiger partial charge in [-0.05, 0) is 47.0 Å². The predicted octanol–water partition coefficient (Wildman–Crippen LogP) is 4.78. The molecule has 2 N–H and O–H groups in total. The molecule has 1 aromatic heterocycles. The van der Waals surface area contributed by atoms with Gasteiger partial charge in [-0.25, -0.2) is 4.79 Å². The number of aryl methyl sites for hydroxylation is 1. The van der Waals surface area contributed by atoms with E-state index in [0.717, 1.165) is 18.4 Å². The highest BCUT2D eigenvalue weighted by atomic mass is 32.1. The SMILES string of the molecule is O=C(Nc1scc(C2CCc3ccccc32)c1C(=O)O)c1ccccc1. The standard InChI is InChI=1S/C21H17NO3S/c23-19(14-7-2-1-3-8-14)22-20-18(21(24)25)17(12-26-20)16-11-10-13-6-4-5-9-15(13)16/h1-9,12,16H,10-11H2,(H,22,23)(H,24,25). The normalized spacial score (nSPS) is 15.5. The molecule has 0 radical (unpaired) electrons. The molecule has 1 amide bonds. The number of carbonyl (C=O) groups excluding carboxylic acids is 1. The molecule has 0 fully saturated rings. The summed E-state index contributed by atoms with van der Waals surface area (Å²) in [7, 11) is 0. The molecular weight excluding hydrogens is 346 g/mol. The fraction of sp³-hybridized carbons (Fsp3) is 0.143. The Morgan fingerprint density at radius 1 is 1.00 bits per heavy atom. The summed E-state index contributed by atoms with van der Waals surface area (Å²) in [5.41, 5.74) is 3.96. The van der Waals surface area contributed by atoms with Crippen LogP contribution in [0.1, 0.15) is 49.7 Å². The minimum atomic E-state index is -1.01. The fourth-order valence-electron chi connectivity index (χ4n) is 3.59.